The molecule has 0 amide bonds. The van der Waals surface area contributed by atoms with E-state index in [1.54, 1.807) is 9.80 Å². The lowest BCUT2D eigenvalue weighted by molar-refractivity contribution is -1.02. The number of benzene rings is 1. The molecule has 0 atom stereocenters. The van der Waals surface area contributed by atoms with Crippen molar-refractivity contribution in [1.82, 2.24) is 0 Å². The molecule has 22 heavy (non-hydrogen) atoms. The maximum absolute atomic E-state index is 2.34. The second kappa shape index (κ2) is 7.58. The van der Waals surface area contributed by atoms with E-state index < -0.39 is 0 Å². The lowest BCUT2D eigenvalue weighted by Gasteiger charge is -2.37. The Morgan fingerprint density at radius 2 is 1.45 bits per heavy atom. The van der Waals surface area contributed by atoms with E-state index in [9.17, 15) is 0 Å². The first-order valence-corrected chi connectivity index (χ1v) is 9.32. The van der Waals surface area contributed by atoms with E-state index in [2.05, 4.69) is 38.2 Å². The van der Waals surface area contributed by atoms with Gasteiger partial charge < -0.3 is 14.7 Å². The summed E-state index contributed by atoms with van der Waals surface area (Å²) < 4.78 is 0. The van der Waals surface area contributed by atoms with Crippen LogP contribution in [0.1, 0.15) is 30.9 Å². The van der Waals surface area contributed by atoms with Gasteiger partial charge in [0.1, 0.15) is 32.7 Å². The summed E-state index contributed by atoms with van der Waals surface area (Å²) in [4.78, 5) is 5.42. The third kappa shape index (κ3) is 4.09. The summed E-state index contributed by atoms with van der Waals surface area (Å²) in [6.45, 7) is 11.7. The summed E-state index contributed by atoms with van der Waals surface area (Å²) in [6.07, 6.45) is 4.00. The normalized spacial score (nSPS) is 32.8. The first-order chi connectivity index (χ1) is 10.7. The van der Waals surface area contributed by atoms with Gasteiger partial charge in [0.05, 0.1) is 26.2 Å². The number of nitrogens with one attached hydrogen (secondary N) is 3. The van der Waals surface area contributed by atoms with Crippen LogP contribution in [0.3, 0.4) is 0 Å². The van der Waals surface area contributed by atoms with Crippen LogP contribution in [-0.2, 0) is 13.0 Å². The predicted molar refractivity (Wildman–Crippen MR) is 90.6 cm³/mol. The van der Waals surface area contributed by atoms with Crippen molar-refractivity contribution in [2.45, 2.75) is 38.8 Å². The summed E-state index contributed by atoms with van der Waals surface area (Å²) in [5.74, 6) is 0. The number of quaternary nitrogens is 3. The van der Waals surface area contributed by atoms with Gasteiger partial charge in [0.25, 0.3) is 0 Å². The molecular weight excluding hydrogens is 270 g/mol. The molecule has 3 nitrogen and oxygen atoms in total. The average Bonchev–Trinajstić information content (AvgIpc) is 2.57. The zero-order valence-corrected chi connectivity index (χ0v) is 14.5. The van der Waals surface area contributed by atoms with E-state index in [1.165, 1.54) is 69.8 Å². The van der Waals surface area contributed by atoms with Crippen molar-refractivity contribution in [3.05, 3.63) is 35.4 Å². The van der Waals surface area contributed by atoms with Gasteiger partial charge in [0.2, 0.25) is 0 Å². The zero-order valence-electron chi connectivity index (χ0n) is 14.5. The van der Waals surface area contributed by atoms with Gasteiger partial charge in [0.15, 0.2) is 0 Å². The molecule has 1 aromatic carbocycles. The first-order valence-electron chi connectivity index (χ1n) is 9.32. The molecule has 0 aromatic heterocycles. The SMILES string of the molecule is CCc1ccc(C[NH+]2CCC([NH+]3CC[NH+](C)CC3)CC2)cc1. The van der Waals surface area contributed by atoms with Gasteiger partial charge in [-0.2, -0.15) is 0 Å². The Labute approximate surface area is 135 Å². The van der Waals surface area contributed by atoms with Crippen molar-refractivity contribution in [2.75, 3.05) is 46.3 Å². The van der Waals surface area contributed by atoms with E-state index >= 15 is 0 Å². The summed E-state index contributed by atoms with van der Waals surface area (Å²) in [7, 11) is 2.34. The van der Waals surface area contributed by atoms with Gasteiger partial charge in [-0.25, -0.2) is 0 Å². The van der Waals surface area contributed by atoms with E-state index in [4.69, 9.17) is 0 Å². The number of likely N-dealkylation sites (N-methyl/N-ethyl adjacent to an activating group) is 1. The molecule has 0 aliphatic carbocycles. The van der Waals surface area contributed by atoms with Crippen LogP contribution >= 0.6 is 0 Å². The van der Waals surface area contributed by atoms with E-state index in [-0.39, 0.29) is 0 Å². The minimum atomic E-state index is 0.944. The predicted octanol–water partition coefficient (Wildman–Crippen LogP) is -1.79. The highest BCUT2D eigenvalue weighted by Crippen LogP contribution is 2.04. The van der Waals surface area contributed by atoms with Gasteiger partial charge in [0, 0.05) is 18.4 Å². The molecule has 2 fully saturated rings. The van der Waals surface area contributed by atoms with Crippen LogP contribution in [0.2, 0.25) is 0 Å². The summed E-state index contributed by atoms with van der Waals surface area (Å²) in [6, 6.07) is 10.2. The number of piperazine rings is 1. The first kappa shape index (κ1) is 16.0. The molecule has 3 heteroatoms. The largest absolute Gasteiger partial charge is 0.331 e. The molecule has 2 aliphatic heterocycles. The molecule has 0 radical (unpaired) electrons. The van der Waals surface area contributed by atoms with Gasteiger partial charge >= 0.3 is 0 Å². The highest BCUT2D eigenvalue weighted by molar-refractivity contribution is 5.21. The van der Waals surface area contributed by atoms with Gasteiger partial charge in [-0.05, 0) is 12.0 Å². The molecule has 3 N–H and O–H groups in total. The summed E-state index contributed by atoms with van der Waals surface area (Å²) in [5, 5.41) is 0. The third-order valence-corrected chi connectivity index (χ3v) is 5.90. The molecule has 2 aliphatic rings. The number of piperidine rings is 1. The highest BCUT2D eigenvalue weighted by Gasteiger charge is 2.32. The maximum atomic E-state index is 2.34. The Hall–Kier alpha value is -0.900. The lowest BCUT2D eigenvalue weighted by Crippen LogP contribution is -3.29. The Kier molecular flexibility index (Phi) is 5.51. The van der Waals surface area contributed by atoms with Crippen LogP contribution in [0.25, 0.3) is 0 Å². The highest BCUT2D eigenvalue weighted by atomic mass is 15.3. The Bertz CT molecular complexity index is 440. The molecular formula is C19H34N3+3. The Morgan fingerprint density at radius 3 is 2.05 bits per heavy atom. The fourth-order valence-corrected chi connectivity index (χ4v) is 4.20. The fraction of sp³-hybridized carbons (Fsp3) is 0.684. The molecule has 2 saturated heterocycles. The second-order valence-electron chi connectivity index (χ2n) is 7.49. The lowest BCUT2D eigenvalue weighted by atomic mass is 10.0. The molecule has 0 saturated carbocycles. The van der Waals surface area contributed by atoms with Crippen molar-refractivity contribution in [2.24, 2.45) is 0 Å². The minimum absolute atomic E-state index is 0.944. The number of hydrogen-bond acceptors (Lipinski definition) is 0. The van der Waals surface area contributed by atoms with Crippen LogP contribution in [0.15, 0.2) is 24.3 Å². The standard InChI is InChI=1S/C19H31N3/c1-3-17-4-6-18(7-5-17)16-21-10-8-19(9-11-21)22-14-12-20(2)13-15-22/h4-7,19H,3,8-16H2,1-2H3/p+3. The van der Waals surface area contributed by atoms with Gasteiger partial charge in [-0.15, -0.1) is 0 Å². The van der Waals surface area contributed by atoms with Crippen LogP contribution in [0.4, 0.5) is 0 Å². The van der Waals surface area contributed by atoms with Crippen molar-refractivity contribution < 1.29 is 14.7 Å². The summed E-state index contributed by atoms with van der Waals surface area (Å²) >= 11 is 0. The Morgan fingerprint density at radius 1 is 0.864 bits per heavy atom. The third-order valence-electron chi connectivity index (χ3n) is 5.90. The molecule has 0 spiro atoms. The number of hydrogen-bond donors (Lipinski definition) is 3. The van der Waals surface area contributed by atoms with Crippen LogP contribution in [-0.4, -0.2) is 52.4 Å². The molecule has 3 rings (SSSR count). The number of rotatable bonds is 4. The van der Waals surface area contributed by atoms with E-state index in [0.29, 0.717) is 0 Å². The topological polar surface area (TPSA) is 13.3 Å². The van der Waals surface area contributed by atoms with Crippen LogP contribution < -0.4 is 14.7 Å². The van der Waals surface area contributed by atoms with E-state index in [1.807, 2.05) is 4.90 Å². The molecule has 0 bridgehead atoms. The molecule has 1 aromatic rings. The van der Waals surface area contributed by atoms with Crippen molar-refractivity contribution in [3.8, 4) is 0 Å². The fourth-order valence-electron chi connectivity index (χ4n) is 4.20. The van der Waals surface area contributed by atoms with E-state index in [0.717, 1.165) is 12.5 Å². The average molecular weight is 305 g/mol. The smallest absolute Gasteiger partial charge is 0.127 e. The second-order valence-corrected chi connectivity index (χ2v) is 7.49. The molecule has 122 valence electrons. The quantitative estimate of drug-likeness (QED) is 0.582. The number of aryl methyl sites for hydroxylation is 1. The zero-order chi connectivity index (χ0) is 15.4. The van der Waals surface area contributed by atoms with Crippen molar-refractivity contribution >= 4 is 0 Å². The van der Waals surface area contributed by atoms with Gasteiger partial charge in [-0.3, -0.25) is 0 Å². The number of likely N-dealkylation sites (tertiary alicyclic amines) is 1. The van der Waals surface area contributed by atoms with Crippen LogP contribution in [0, 0.1) is 0 Å². The van der Waals surface area contributed by atoms with Gasteiger partial charge in [-0.1, -0.05) is 31.2 Å². The van der Waals surface area contributed by atoms with Crippen molar-refractivity contribution in [1.29, 1.82) is 0 Å². The van der Waals surface area contributed by atoms with Crippen LogP contribution in [0.5, 0.6) is 0 Å². The van der Waals surface area contributed by atoms with Crippen molar-refractivity contribution in [3.63, 3.8) is 0 Å². The summed E-state index contributed by atoms with van der Waals surface area (Å²) in [5.41, 5.74) is 2.97. The maximum Gasteiger partial charge on any atom is 0.127 e. The minimum Gasteiger partial charge on any atom is -0.331 e. The molecule has 2 heterocycles. The Balaban J connectivity index is 1.45. The monoisotopic (exact) mass is 304 g/mol. The molecule has 0 unspecified atom stereocenters.